The molecule has 0 unspecified atom stereocenters. The fourth-order valence-corrected chi connectivity index (χ4v) is 2.69. The minimum atomic E-state index is -0.285. The van der Waals surface area contributed by atoms with Crippen LogP contribution in [-0.4, -0.2) is 36.2 Å². The minimum Gasteiger partial charge on any atom is -0.383 e. The number of methoxy groups -OCH3 is 1. The van der Waals surface area contributed by atoms with E-state index in [0.29, 0.717) is 12.4 Å². The molecule has 0 radical (unpaired) electrons. The lowest BCUT2D eigenvalue weighted by Gasteiger charge is -2.14. The van der Waals surface area contributed by atoms with Gasteiger partial charge in [-0.15, -0.1) is 0 Å². The molecule has 0 atom stereocenters. The highest BCUT2D eigenvalue weighted by Crippen LogP contribution is 2.29. The summed E-state index contributed by atoms with van der Waals surface area (Å²) in [4.78, 5) is 18.5. The van der Waals surface area contributed by atoms with Gasteiger partial charge in [0.25, 0.3) is 0 Å². The maximum Gasteiger partial charge on any atom is 0.324 e. The number of rotatable bonds is 5. The Hall–Kier alpha value is -2.44. The molecule has 0 saturated carbocycles. The number of hydrogen-bond donors (Lipinski definition) is 2. The summed E-state index contributed by atoms with van der Waals surface area (Å²) in [5.74, 6) is 0.527. The Kier molecular flexibility index (Phi) is 4.85. The van der Waals surface area contributed by atoms with Crippen LogP contribution in [0.15, 0.2) is 42.6 Å². The fraction of sp³-hybridized carbons (Fsp3) is 0.294. The number of nitrogens with zero attached hydrogens (tertiary/aromatic N) is 2. The predicted molar refractivity (Wildman–Crippen MR) is 89.3 cm³/mol. The van der Waals surface area contributed by atoms with Crippen LogP contribution < -0.4 is 10.6 Å². The number of carbonyl (C=O) groups is 1. The number of anilines is 2. The predicted octanol–water partition coefficient (Wildman–Crippen LogP) is 2.69. The number of aromatic nitrogens is 1. The van der Waals surface area contributed by atoms with Crippen molar-refractivity contribution in [2.24, 2.45) is 0 Å². The standard InChI is InChI=1S/C17H20N4O2/c1-23-10-9-21-11-13-5-4-6-15(14(13)12-21)19-17(22)20-16-7-2-3-8-18-16/h2-8H,9-12H2,1H3,(H2,18,19,20,22). The van der Waals surface area contributed by atoms with Crippen LogP contribution in [0.2, 0.25) is 0 Å². The van der Waals surface area contributed by atoms with Crippen molar-refractivity contribution in [1.29, 1.82) is 0 Å². The number of pyridine rings is 1. The van der Waals surface area contributed by atoms with E-state index in [1.165, 1.54) is 11.1 Å². The highest BCUT2D eigenvalue weighted by Gasteiger charge is 2.21. The number of urea groups is 1. The van der Waals surface area contributed by atoms with Crippen molar-refractivity contribution in [3.63, 3.8) is 0 Å². The second-order valence-corrected chi connectivity index (χ2v) is 5.44. The molecule has 0 aliphatic carbocycles. The minimum absolute atomic E-state index is 0.285. The van der Waals surface area contributed by atoms with E-state index in [9.17, 15) is 4.79 Å². The number of amides is 2. The third-order valence-electron chi connectivity index (χ3n) is 3.82. The number of hydrogen-bond acceptors (Lipinski definition) is 4. The van der Waals surface area contributed by atoms with Gasteiger partial charge in [-0.1, -0.05) is 18.2 Å². The molecule has 1 aliphatic rings. The van der Waals surface area contributed by atoms with Crippen LogP contribution in [-0.2, 0) is 17.8 Å². The second-order valence-electron chi connectivity index (χ2n) is 5.44. The van der Waals surface area contributed by atoms with Crippen molar-refractivity contribution < 1.29 is 9.53 Å². The zero-order valence-electron chi connectivity index (χ0n) is 13.1. The molecule has 1 aromatic heterocycles. The second kappa shape index (κ2) is 7.21. The van der Waals surface area contributed by atoms with Gasteiger partial charge < -0.3 is 10.1 Å². The summed E-state index contributed by atoms with van der Waals surface area (Å²) in [7, 11) is 1.71. The van der Waals surface area contributed by atoms with Crippen molar-refractivity contribution >= 4 is 17.5 Å². The molecule has 1 aliphatic heterocycles. The smallest absolute Gasteiger partial charge is 0.324 e. The summed E-state index contributed by atoms with van der Waals surface area (Å²) >= 11 is 0. The lowest BCUT2D eigenvalue weighted by molar-refractivity contribution is 0.148. The van der Waals surface area contributed by atoms with Crippen molar-refractivity contribution in [2.75, 3.05) is 30.9 Å². The van der Waals surface area contributed by atoms with Gasteiger partial charge in [0.1, 0.15) is 5.82 Å². The van der Waals surface area contributed by atoms with Gasteiger partial charge in [0.15, 0.2) is 0 Å². The lowest BCUT2D eigenvalue weighted by atomic mass is 10.1. The quantitative estimate of drug-likeness (QED) is 0.891. The van der Waals surface area contributed by atoms with Gasteiger partial charge in [-0.05, 0) is 29.3 Å². The van der Waals surface area contributed by atoms with Crippen LogP contribution in [0.1, 0.15) is 11.1 Å². The first-order valence-corrected chi connectivity index (χ1v) is 7.57. The van der Waals surface area contributed by atoms with E-state index < -0.39 is 0 Å². The van der Waals surface area contributed by atoms with Gasteiger partial charge in [-0.3, -0.25) is 10.2 Å². The number of nitrogens with one attached hydrogen (secondary N) is 2. The lowest BCUT2D eigenvalue weighted by Crippen LogP contribution is -2.22. The van der Waals surface area contributed by atoms with Crippen LogP contribution in [0, 0.1) is 0 Å². The Bertz CT molecular complexity index is 676. The molecule has 0 spiro atoms. The summed E-state index contributed by atoms with van der Waals surface area (Å²) in [6, 6.07) is 11.1. The molecular formula is C17H20N4O2. The van der Waals surface area contributed by atoms with Crippen LogP contribution in [0.5, 0.6) is 0 Å². The van der Waals surface area contributed by atoms with E-state index in [1.807, 2.05) is 24.3 Å². The van der Waals surface area contributed by atoms with Gasteiger partial charge in [0.05, 0.1) is 6.61 Å². The summed E-state index contributed by atoms with van der Waals surface area (Å²) in [5, 5.41) is 5.65. The first kappa shape index (κ1) is 15.5. The third kappa shape index (κ3) is 3.85. The van der Waals surface area contributed by atoms with Crippen LogP contribution in [0.25, 0.3) is 0 Å². The maximum absolute atomic E-state index is 12.1. The molecule has 0 bridgehead atoms. The van der Waals surface area contributed by atoms with Gasteiger partial charge in [0, 0.05) is 38.6 Å². The Labute approximate surface area is 135 Å². The third-order valence-corrected chi connectivity index (χ3v) is 3.82. The molecule has 2 aromatic rings. The van der Waals surface area contributed by atoms with Crippen molar-refractivity contribution in [1.82, 2.24) is 9.88 Å². The Morgan fingerprint density at radius 3 is 2.91 bits per heavy atom. The van der Waals surface area contributed by atoms with Gasteiger partial charge in [-0.25, -0.2) is 9.78 Å². The summed E-state index contributed by atoms with van der Waals surface area (Å²) in [6.45, 7) is 3.29. The maximum atomic E-state index is 12.1. The Morgan fingerprint density at radius 2 is 2.13 bits per heavy atom. The number of fused-ring (bicyclic) bond motifs is 1. The van der Waals surface area contributed by atoms with Crippen LogP contribution in [0.4, 0.5) is 16.3 Å². The fourth-order valence-electron chi connectivity index (χ4n) is 2.69. The largest absolute Gasteiger partial charge is 0.383 e. The average molecular weight is 312 g/mol. The molecule has 2 N–H and O–H groups in total. The molecule has 6 nitrogen and oxygen atoms in total. The molecular weight excluding hydrogens is 292 g/mol. The highest BCUT2D eigenvalue weighted by molar-refractivity contribution is 5.99. The summed E-state index contributed by atoms with van der Waals surface area (Å²) < 4.78 is 5.14. The van der Waals surface area contributed by atoms with E-state index >= 15 is 0 Å². The topological polar surface area (TPSA) is 66.5 Å². The highest BCUT2D eigenvalue weighted by atomic mass is 16.5. The van der Waals surface area contributed by atoms with Crippen molar-refractivity contribution in [3.05, 3.63) is 53.7 Å². The normalized spacial score (nSPS) is 13.6. The first-order valence-electron chi connectivity index (χ1n) is 7.57. The van der Waals surface area contributed by atoms with Gasteiger partial charge in [-0.2, -0.15) is 0 Å². The Morgan fingerprint density at radius 1 is 1.22 bits per heavy atom. The molecule has 2 amide bonds. The van der Waals surface area contributed by atoms with E-state index in [4.69, 9.17) is 4.74 Å². The van der Waals surface area contributed by atoms with E-state index in [1.54, 1.807) is 19.4 Å². The summed E-state index contributed by atoms with van der Waals surface area (Å²) in [5.41, 5.74) is 3.26. The molecule has 0 fully saturated rings. The average Bonchev–Trinajstić information content (AvgIpc) is 2.98. The van der Waals surface area contributed by atoms with Crippen LogP contribution in [0.3, 0.4) is 0 Å². The molecule has 23 heavy (non-hydrogen) atoms. The van der Waals surface area contributed by atoms with E-state index in [0.717, 1.165) is 25.3 Å². The molecule has 6 heteroatoms. The van der Waals surface area contributed by atoms with Crippen LogP contribution >= 0.6 is 0 Å². The van der Waals surface area contributed by atoms with Gasteiger partial charge in [0.2, 0.25) is 0 Å². The van der Waals surface area contributed by atoms with E-state index in [2.05, 4.69) is 26.6 Å². The molecule has 1 aromatic carbocycles. The summed E-state index contributed by atoms with van der Waals surface area (Å²) in [6.07, 6.45) is 1.64. The first-order chi connectivity index (χ1) is 11.3. The number of carbonyl (C=O) groups excluding carboxylic acids is 1. The van der Waals surface area contributed by atoms with Crippen molar-refractivity contribution in [3.8, 4) is 0 Å². The molecule has 2 heterocycles. The molecule has 0 saturated heterocycles. The van der Waals surface area contributed by atoms with Gasteiger partial charge >= 0.3 is 6.03 Å². The Balaban J connectivity index is 1.66. The SMILES string of the molecule is COCCN1Cc2cccc(NC(=O)Nc3ccccn3)c2C1. The van der Waals surface area contributed by atoms with Crippen molar-refractivity contribution in [2.45, 2.75) is 13.1 Å². The molecule has 120 valence electrons. The monoisotopic (exact) mass is 312 g/mol. The number of benzene rings is 1. The zero-order valence-corrected chi connectivity index (χ0v) is 13.1. The zero-order chi connectivity index (χ0) is 16.1. The molecule has 3 rings (SSSR count). The van der Waals surface area contributed by atoms with E-state index in [-0.39, 0.29) is 6.03 Å². The number of ether oxygens (including phenoxy) is 1.